The van der Waals surface area contributed by atoms with E-state index in [1.165, 1.54) is 6.08 Å². The average molecular weight is 492 g/mol. The molecule has 1 aliphatic heterocycles. The maximum absolute atomic E-state index is 12.1. The van der Waals surface area contributed by atoms with Gasteiger partial charge in [-0.2, -0.15) is 15.1 Å². The van der Waals surface area contributed by atoms with E-state index in [0.29, 0.717) is 23.8 Å². The van der Waals surface area contributed by atoms with Crippen LogP contribution >= 0.6 is 0 Å². The van der Waals surface area contributed by atoms with Gasteiger partial charge in [-0.3, -0.25) is 9.89 Å². The van der Waals surface area contributed by atoms with Gasteiger partial charge in [0.1, 0.15) is 23.2 Å². The molecule has 1 saturated heterocycles. The fraction of sp³-hybridized carbons (Fsp3) is 0.360. The first-order valence-electron chi connectivity index (χ1n) is 11.9. The van der Waals surface area contributed by atoms with Crippen molar-refractivity contribution < 1.29 is 9.53 Å². The number of anilines is 4. The van der Waals surface area contributed by atoms with E-state index in [1.807, 2.05) is 44.1 Å². The Hall–Kier alpha value is -3.96. The number of ether oxygens (including phenoxy) is 1. The Balaban J connectivity index is 1.48. The van der Waals surface area contributed by atoms with Gasteiger partial charge in [-0.05, 0) is 52.3 Å². The van der Waals surface area contributed by atoms with Crippen LogP contribution in [0.25, 0.3) is 0 Å². The first-order valence-corrected chi connectivity index (χ1v) is 11.9. The number of hydrogen-bond donors (Lipinski definition) is 3. The topological polar surface area (TPSA) is 115 Å². The molecule has 190 valence electrons. The molecule has 2 aromatic heterocycles. The van der Waals surface area contributed by atoms with Gasteiger partial charge in [0.05, 0.1) is 5.69 Å². The summed E-state index contributed by atoms with van der Waals surface area (Å²) in [5, 5.41) is 13.2. The van der Waals surface area contributed by atoms with Crippen molar-refractivity contribution in [3.63, 3.8) is 0 Å². The molecule has 1 aromatic carbocycles. The van der Waals surface area contributed by atoms with Crippen LogP contribution in [0.4, 0.5) is 23.1 Å². The summed E-state index contributed by atoms with van der Waals surface area (Å²) < 4.78 is 6.01. The molecule has 11 nitrogen and oxygen atoms in total. The number of benzene rings is 1. The van der Waals surface area contributed by atoms with Gasteiger partial charge < -0.3 is 30.1 Å². The van der Waals surface area contributed by atoms with E-state index in [2.05, 4.69) is 47.6 Å². The van der Waals surface area contributed by atoms with E-state index >= 15 is 0 Å². The minimum atomic E-state index is -0.182. The Labute approximate surface area is 211 Å². The molecule has 3 heterocycles. The van der Waals surface area contributed by atoms with Gasteiger partial charge in [-0.25, -0.2) is 0 Å². The Kier molecular flexibility index (Phi) is 8.13. The molecule has 0 radical (unpaired) electrons. The van der Waals surface area contributed by atoms with Crippen LogP contribution in [0, 0.1) is 6.92 Å². The van der Waals surface area contributed by atoms with Crippen molar-refractivity contribution in [3.8, 4) is 11.8 Å². The lowest BCUT2D eigenvalue weighted by molar-refractivity contribution is -0.111. The first kappa shape index (κ1) is 25.1. The van der Waals surface area contributed by atoms with Gasteiger partial charge in [-0.15, -0.1) is 0 Å². The predicted octanol–water partition coefficient (Wildman–Crippen LogP) is 2.85. The summed E-state index contributed by atoms with van der Waals surface area (Å²) in [5.41, 5.74) is 1.55. The molecule has 36 heavy (non-hydrogen) atoms. The lowest BCUT2D eigenvalue weighted by Crippen LogP contribution is -2.44. The third kappa shape index (κ3) is 7.27. The molecule has 0 bridgehead atoms. The smallest absolute Gasteiger partial charge is 0.325 e. The monoisotopic (exact) mass is 491 g/mol. The second-order valence-corrected chi connectivity index (χ2v) is 9.01. The van der Waals surface area contributed by atoms with Gasteiger partial charge in [0.25, 0.3) is 0 Å². The highest BCUT2D eigenvalue weighted by molar-refractivity contribution is 5.99. The molecule has 0 spiro atoms. The van der Waals surface area contributed by atoms with Crippen LogP contribution in [-0.4, -0.2) is 89.7 Å². The Morgan fingerprint density at radius 2 is 1.89 bits per heavy atom. The molecule has 11 heteroatoms. The summed E-state index contributed by atoms with van der Waals surface area (Å²) in [7, 11) is 6.01. The number of piperazine rings is 1. The van der Waals surface area contributed by atoms with E-state index in [0.717, 1.165) is 43.5 Å². The number of H-pyrrole nitrogens is 1. The molecule has 0 unspecified atom stereocenters. The zero-order valence-corrected chi connectivity index (χ0v) is 21.2. The van der Waals surface area contributed by atoms with E-state index in [4.69, 9.17) is 4.74 Å². The predicted molar refractivity (Wildman–Crippen MR) is 141 cm³/mol. The Morgan fingerprint density at radius 3 is 2.56 bits per heavy atom. The third-order valence-electron chi connectivity index (χ3n) is 5.56. The van der Waals surface area contributed by atoms with E-state index in [-0.39, 0.29) is 11.9 Å². The average Bonchev–Trinajstić information content (AvgIpc) is 3.24. The molecule has 1 amide bonds. The molecule has 4 rings (SSSR count). The van der Waals surface area contributed by atoms with Crippen molar-refractivity contribution in [3.05, 3.63) is 54.2 Å². The van der Waals surface area contributed by atoms with Crippen LogP contribution in [0.1, 0.15) is 5.69 Å². The fourth-order valence-corrected chi connectivity index (χ4v) is 3.61. The quantitative estimate of drug-likeness (QED) is 0.389. The molecule has 3 N–H and O–H groups in total. The number of likely N-dealkylation sites (N-methyl/N-ethyl adjacent to an activating group) is 2. The van der Waals surface area contributed by atoms with Crippen molar-refractivity contribution in [2.24, 2.45) is 0 Å². The number of nitrogens with zero attached hydrogens (tertiary/aromatic N) is 6. The van der Waals surface area contributed by atoms with Crippen molar-refractivity contribution in [1.29, 1.82) is 0 Å². The van der Waals surface area contributed by atoms with Crippen LogP contribution in [0.2, 0.25) is 0 Å². The van der Waals surface area contributed by atoms with Gasteiger partial charge in [-0.1, -0.05) is 6.08 Å². The zero-order valence-electron chi connectivity index (χ0n) is 21.2. The van der Waals surface area contributed by atoms with E-state index in [9.17, 15) is 4.79 Å². The van der Waals surface area contributed by atoms with Gasteiger partial charge in [0.15, 0.2) is 0 Å². The van der Waals surface area contributed by atoms with Gasteiger partial charge in [0.2, 0.25) is 5.91 Å². The first-order chi connectivity index (χ1) is 17.3. The summed E-state index contributed by atoms with van der Waals surface area (Å²) in [6.45, 7) is 6.27. The number of hydrogen-bond acceptors (Lipinski definition) is 9. The van der Waals surface area contributed by atoms with Gasteiger partial charge >= 0.3 is 6.01 Å². The van der Waals surface area contributed by atoms with Crippen LogP contribution in [-0.2, 0) is 4.79 Å². The van der Waals surface area contributed by atoms with Crippen molar-refractivity contribution >= 4 is 29.0 Å². The highest BCUT2D eigenvalue weighted by atomic mass is 16.5. The number of aromatic nitrogens is 4. The Morgan fingerprint density at radius 1 is 1.14 bits per heavy atom. The normalized spacial score (nSPS) is 14.4. The van der Waals surface area contributed by atoms with E-state index < -0.39 is 0 Å². The fourth-order valence-electron chi connectivity index (χ4n) is 3.61. The highest BCUT2D eigenvalue weighted by Crippen LogP contribution is 2.26. The SMILES string of the molecule is Cc1cc(Nc2cc(N3CCN(C)CC3)nc(Oc3ccc(NC(=O)/C=C/CN(C)C)cc3)n2)[nH]n1. The standard InChI is InChI=1S/C25H33N9O2/c1-18-16-22(31-30-18)27-21-17-23(34-14-12-33(4)13-15-34)29-25(28-21)36-20-9-7-19(8-10-20)26-24(35)6-5-11-32(2)3/h5-10,16-17H,11-15H2,1-4H3,(H,26,35)(H2,27,28,29,30,31)/b6-5+. The summed E-state index contributed by atoms with van der Waals surface area (Å²) in [4.78, 5) is 27.8. The second kappa shape index (κ2) is 11.6. The number of nitrogens with one attached hydrogen (secondary N) is 3. The van der Waals surface area contributed by atoms with Crippen molar-refractivity contribution in [2.45, 2.75) is 6.92 Å². The minimum absolute atomic E-state index is 0.182. The number of aromatic amines is 1. The van der Waals surface area contributed by atoms with Crippen LogP contribution in [0.15, 0.2) is 48.6 Å². The number of aryl methyl sites for hydroxylation is 1. The molecule has 0 aliphatic carbocycles. The van der Waals surface area contributed by atoms with E-state index in [1.54, 1.807) is 24.3 Å². The van der Waals surface area contributed by atoms with Crippen molar-refractivity contribution in [2.75, 3.05) is 69.4 Å². The maximum Gasteiger partial charge on any atom is 0.325 e. The molecule has 3 aromatic rings. The zero-order chi connectivity index (χ0) is 25.5. The number of carbonyl (C=O) groups is 1. The molecular formula is C25H33N9O2. The van der Waals surface area contributed by atoms with Crippen molar-refractivity contribution in [1.82, 2.24) is 30.0 Å². The lowest BCUT2D eigenvalue weighted by atomic mass is 10.3. The van der Waals surface area contributed by atoms with Gasteiger partial charge in [0, 0.05) is 56.6 Å². The summed E-state index contributed by atoms with van der Waals surface area (Å²) in [6, 6.07) is 11.2. The minimum Gasteiger partial charge on any atom is -0.424 e. The maximum atomic E-state index is 12.1. The summed E-state index contributed by atoms with van der Waals surface area (Å²) in [6.07, 6.45) is 3.34. The molecular weight excluding hydrogens is 458 g/mol. The lowest BCUT2D eigenvalue weighted by Gasteiger charge is -2.33. The van der Waals surface area contributed by atoms with Crippen LogP contribution in [0.3, 0.4) is 0 Å². The summed E-state index contributed by atoms with van der Waals surface area (Å²) in [5.74, 6) is 2.51. The second-order valence-electron chi connectivity index (χ2n) is 9.01. The van der Waals surface area contributed by atoms with Crippen LogP contribution in [0.5, 0.6) is 11.8 Å². The molecule has 1 aliphatic rings. The number of rotatable bonds is 9. The number of amides is 1. The highest BCUT2D eigenvalue weighted by Gasteiger charge is 2.18. The molecule has 0 atom stereocenters. The third-order valence-corrected chi connectivity index (χ3v) is 5.56. The van der Waals surface area contributed by atoms with Crippen LogP contribution < -0.4 is 20.3 Å². The molecule has 0 saturated carbocycles. The molecule has 1 fully saturated rings. The number of carbonyl (C=O) groups excluding carboxylic acids is 1. The Bertz CT molecular complexity index is 1180. The largest absolute Gasteiger partial charge is 0.424 e. The summed E-state index contributed by atoms with van der Waals surface area (Å²) >= 11 is 0.